The van der Waals surface area contributed by atoms with E-state index in [0.717, 1.165) is 0 Å². The van der Waals surface area contributed by atoms with Gasteiger partial charge in [0.15, 0.2) is 0 Å². The summed E-state index contributed by atoms with van der Waals surface area (Å²) < 4.78 is 1.95. The summed E-state index contributed by atoms with van der Waals surface area (Å²) in [6.07, 6.45) is 0. The van der Waals surface area contributed by atoms with Gasteiger partial charge in [-0.25, -0.2) is 0 Å². The van der Waals surface area contributed by atoms with Gasteiger partial charge in [0, 0.05) is 0 Å². The van der Waals surface area contributed by atoms with Crippen molar-refractivity contribution < 1.29 is 9.79 Å². The van der Waals surface area contributed by atoms with Gasteiger partial charge in [0.1, 0.15) is 0 Å². The minimum absolute atomic E-state index is 0.0936. The molecular formula is C14H34NO2P. The summed E-state index contributed by atoms with van der Waals surface area (Å²) in [5, 5.41) is -1.14. The second-order valence-corrected chi connectivity index (χ2v) is 13.0. The molecule has 0 rings (SSSR count). The average Bonchev–Trinajstić information content (AvgIpc) is 1.96. The molecule has 112 valence electrons. The molecule has 4 heteroatoms. The van der Waals surface area contributed by atoms with Crippen LogP contribution in [0.4, 0.5) is 0 Å². The molecule has 0 aliphatic carbocycles. The van der Waals surface area contributed by atoms with Crippen LogP contribution >= 0.6 is 7.21 Å². The summed E-state index contributed by atoms with van der Waals surface area (Å²) in [7, 11) is -4.07. The standard InChI is InChI=1S/C14H34NO2P/c1-11(2)15(12(3)4)18(16,17,13(5,6)7)14(8,9)10/h11-12,16-17H,1-10H3. The summed E-state index contributed by atoms with van der Waals surface area (Å²) in [5.41, 5.74) is 0. The third-order valence-electron chi connectivity index (χ3n) is 3.97. The molecule has 0 amide bonds. The third-order valence-corrected chi connectivity index (χ3v) is 10.7. The average molecular weight is 279 g/mol. The molecule has 0 aromatic rings. The summed E-state index contributed by atoms with van der Waals surface area (Å²) in [4.78, 5) is 23.1. The van der Waals surface area contributed by atoms with Crippen molar-refractivity contribution in [1.29, 1.82) is 0 Å². The molecule has 2 N–H and O–H groups in total. The first-order valence-corrected chi connectivity index (χ1v) is 8.97. The molecule has 0 atom stereocenters. The first-order chi connectivity index (χ1) is 7.58. The van der Waals surface area contributed by atoms with E-state index in [-0.39, 0.29) is 12.1 Å². The van der Waals surface area contributed by atoms with Crippen molar-refractivity contribution in [2.45, 2.75) is 91.6 Å². The molecule has 0 unspecified atom stereocenters. The zero-order chi connectivity index (χ0) is 15.2. The summed E-state index contributed by atoms with van der Waals surface area (Å²) in [6, 6.07) is 0.187. The van der Waals surface area contributed by atoms with Crippen LogP contribution in [-0.2, 0) is 0 Å². The van der Waals surface area contributed by atoms with E-state index in [9.17, 15) is 9.79 Å². The Kier molecular flexibility index (Phi) is 4.78. The molecule has 3 nitrogen and oxygen atoms in total. The molecule has 0 bridgehead atoms. The van der Waals surface area contributed by atoms with Crippen LogP contribution in [0.25, 0.3) is 0 Å². The molecular weight excluding hydrogens is 245 g/mol. The molecule has 0 aromatic carbocycles. The van der Waals surface area contributed by atoms with Gasteiger partial charge >= 0.3 is 113 Å². The number of rotatable bonds is 3. The molecule has 0 aliphatic heterocycles. The maximum atomic E-state index is 11.6. The van der Waals surface area contributed by atoms with Gasteiger partial charge in [0.05, 0.1) is 0 Å². The van der Waals surface area contributed by atoms with Gasteiger partial charge < -0.3 is 0 Å². The van der Waals surface area contributed by atoms with Crippen LogP contribution in [0.15, 0.2) is 0 Å². The van der Waals surface area contributed by atoms with Crippen LogP contribution in [-0.4, -0.2) is 36.9 Å². The van der Waals surface area contributed by atoms with Gasteiger partial charge in [-0.1, -0.05) is 0 Å². The Morgan fingerprint density at radius 2 is 0.944 bits per heavy atom. The fourth-order valence-corrected chi connectivity index (χ4v) is 8.32. The normalized spacial score (nSPS) is 17.4. The minimum atomic E-state index is -4.07. The SMILES string of the molecule is CC(C)N(C(C)C)P(O)(O)(C(C)(C)C)C(C)(C)C. The molecule has 0 fully saturated rings. The van der Waals surface area contributed by atoms with Crippen molar-refractivity contribution in [1.82, 2.24) is 4.67 Å². The monoisotopic (exact) mass is 279 g/mol. The van der Waals surface area contributed by atoms with Crippen LogP contribution in [0, 0.1) is 0 Å². The van der Waals surface area contributed by atoms with Crippen LogP contribution in [0.3, 0.4) is 0 Å². The van der Waals surface area contributed by atoms with Gasteiger partial charge in [0.2, 0.25) is 0 Å². The quantitative estimate of drug-likeness (QED) is 0.768. The Morgan fingerprint density at radius 1 is 0.722 bits per heavy atom. The molecule has 0 saturated heterocycles. The molecule has 18 heavy (non-hydrogen) atoms. The molecule has 0 spiro atoms. The Labute approximate surface area is 114 Å². The number of hydrogen-bond acceptors (Lipinski definition) is 3. The fraction of sp³-hybridized carbons (Fsp3) is 1.00. The predicted molar refractivity (Wildman–Crippen MR) is 83.0 cm³/mol. The topological polar surface area (TPSA) is 43.7 Å². The van der Waals surface area contributed by atoms with Crippen LogP contribution in [0.1, 0.15) is 69.2 Å². The summed E-state index contributed by atoms with van der Waals surface area (Å²) in [6.45, 7) is 19.8. The van der Waals surface area contributed by atoms with E-state index < -0.39 is 17.5 Å². The molecule has 0 aliphatic rings. The van der Waals surface area contributed by atoms with Crippen LogP contribution < -0.4 is 0 Å². The van der Waals surface area contributed by atoms with Gasteiger partial charge in [-0.3, -0.25) is 0 Å². The molecule has 0 radical (unpaired) electrons. The Hall–Kier alpha value is 0.310. The first-order valence-electron chi connectivity index (χ1n) is 6.87. The van der Waals surface area contributed by atoms with Crippen LogP contribution in [0.2, 0.25) is 0 Å². The Morgan fingerprint density at radius 3 is 1.00 bits per heavy atom. The second kappa shape index (κ2) is 4.70. The zero-order valence-corrected chi connectivity index (χ0v) is 14.8. The van der Waals surface area contributed by atoms with Crippen molar-refractivity contribution in [2.75, 3.05) is 0 Å². The Balaban J connectivity index is 6.26. The van der Waals surface area contributed by atoms with E-state index in [1.807, 2.05) is 73.9 Å². The van der Waals surface area contributed by atoms with Crippen molar-refractivity contribution in [3.63, 3.8) is 0 Å². The molecule has 0 heterocycles. The van der Waals surface area contributed by atoms with Gasteiger partial charge in [-0.2, -0.15) is 0 Å². The van der Waals surface area contributed by atoms with Gasteiger partial charge in [0.25, 0.3) is 0 Å². The van der Waals surface area contributed by atoms with E-state index in [1.54, 1.807) is 0 Å². The van der Waals surface area contributed by atoms with Gasteiger partial charge in [-0.15, -0.1) is 0 Å². The van der Waals surface area contributed by atoms with E-state index in [0.29, 0.717) is 0 Å². The zero-order valence-electron chi connectivity index (χ0n) is 13.9. The third kappa shape index (κ3) is 2.35. The van der Waals surface area contributed by atoms with Gasteiger partial charge in [-0.05, 0) is 0 Å². The molecule has 0 saturated carbocycles. The Bertz CT molecular complexity index is 272. The fourth-order valence-electron chi connectivity index (χ4n) is 3.17. The number of hydrogen-bond donors (Lipinski definition) is 2. The molecule has 0 aromatic heterocycles. The van der Waals surface area contributed by atoms with Crippen molar-refractivity contribution in [3.05, 3.63) is 0 Å². The van der Waals surface area contributed by atoms with E-state index in [4.69, 9.17) is 0 Å². The first kappa shape index (κ1) is 18.3. The van der Waals surface area contributed by atoms with Crippen molar-refractivity contribution in [3.8, 4) is 0 Å². The maximum absolute atomic E-state index is 11.6. The number of nitrogens with zero attached hydrogens (tertiary/aromatic N) is 1. The van der Waals surface area contributed by atoms with E-state index in [1.165, 1.54) is 0 Å². The summed E-state index contributed by atoms with van der Waals surface area (Å²) >= 11 is 0. The van der Waals surface area contributed by atoms with E-state index >= 15 is 0 Å². The van der Waals surface area contributed by atoms with E-state index in [2.05, 4.69) is 0 Å². The second-order valence-electron chi connectivity index (χ2n) is 7.89. The van der Waals surface area contributed by atoms with Crippen molar-refractivity contribution in [2.24, 2.45) is 0 Å². The van der Waals surface area contributed by atoms with Crippen LogP contribution in [0.5, 0.6) is 0 Å². The predicted octanol–water partition coefficient (Wildman–Crippen LogP) is 3.99. The summed E-state index contributed by atoms with van der Waals surface area (Å²) in [5.74, 6) is 0. The van der Waals surface area contributed by atoms with Crippen molar-refractivity contribution >= 4 is 7.21 Å².